The zero-order valence-corrected chi connectivity index (χ0v) is 10.3. The van der Waals surface area contributed by atoms with E-state index < -0.39 is 0 Å². The van der Waals surface area contributed by atoms with Crippen LogP contribution in [-0.4, -0.2) is 29.8 Å². The molecule has 90 valence electrons. The number of hydrogen-bond acceptors (Lipinski definition) is 3. The first-order valence-electron chi connectivity index (χ1n) is 6.07. The standard InChI is InChI=1S/C12H21N3O/c1-10-14-11-9-13-6-5-12(11)15(10)7-3-4-8-16-2/h13H,3-9H2,1-2H3. The quantitative estimate of drug-likeness (QED) is 0.764. The van der Waals surface area contributed by atoms with Crippen LogP contribution in [0.1, 0.15) is 30.1 Å². The molecule has 0 unspecified atom stereocenters. The summed E-state index contributed by atoms with van der Waals surface area (Å²) in [6, 6.07) is 0. The second kappa shape index (κ2) is 5.46. The second-order valence-electron chi connectivity index (χ2n) is 4.33. The summed E-state index contributed by atoms with van der Waals surface area (Å²) in [5, 5.41) is 3.36. The van der Waals surface area contributed by atoms with Crippen molar-refractivity contribution in [1.29, 1.82) is 0 Å². The lowest BCUT2D eigenvalue weighted by molar-refractivity contribution is 0.191. The molecule has 0 aromatic carbocycles. The van der Waals surface area contributed by atoms with Crippen molar-refractivity contribution in [3.63, 3.8) is 0 Å². The smallest absolute Gasteiger partial charge is 0.106 e. The molecule has 2 heterocycles. The van der Waals surface area contributed by atoms with Crippen molar-refractivity contribution >= 4 is 0 Å². The summed E-state index contributed by atoms with van der Waals surface area (Å²) in [4.78, 5) is 4.62. The zero-order chi connectivity index (χ0) is 11.4. The molecule has 2 rings (SSSR count). The van der Waals surface area contributed by atoms with Gasteiger partial charge in [-0.1, -0.05) is 0 Å². The largest absolute Gasteiger partial charge is 0.385 e. The average Bonchev–Trinajstić information content (AvgIpc) is 2.61. The molecule has 0 bridgehead atoms. The first-order chi connectivity index (χ1) is 7.83. The van der Waals surface area contributed by atoms with E-state index in [-0.39, 0.29) is 0 Å². The van der Waals surface area contributed by atoms with Gasteiger partial charge in [0.15, 0.2) is 0 Å². The Balaban J connectivity index is 1.99. The fourth-order valence-electron chi connectivity index (χ4n) is 2.32. The van der Waals surface area contributed by atoms with E-state index >= 15 is 0 Å². The van der Waals surface area contributed by atoms with E-state index in [1.165, 1.54) is 17.8 Å². The highest BCUT2D eigenvalue weighted by atomic mass is 16.5. The number of nitrogens with zero attached hydrogens (tertiary/aromatic N) is 2. The van der Waals surface area contributed by atoms with Gasteiger partial charge in [0.25, 0.3) is 0 Å². The lowest BCUT2D eigenvalue weighted by Crippen LogP contribution is -2.25. The lowest BCUT2D eigenvalue weighted by Gasteiger charge is -2.15. The number of hydrogen-bond donors (Lipinski definition) is 1. The van der Waals surface area contributed by atoms with E-state index in [9.17, 15) is 0 Å². The highest BCUT2D eigenvalue weighted by molar-refractivity contribution is 5.19. The molecular formula is C12H21N3O. The zero-order valence-electron chi connectivity index (χ0n) is 10.3. The highest BCUT2D eigenvalue weighted by Crippen LogP contribution is 2.16. The van der Waals surface area contributed by atoms with E-state index in [1.54, 1.807) is 7.11 Å². The topological polar surface area (TPSA) is 39.1 Å². The summed E-state index contributed by atoms with van der Waals surface area (Å²) < 4.78 is 7.45. The molecule has 0 spiro atoms. The number of fused-ring (bicyclic) bond motifs is 1. The lowest BCUT2D eigenvalue weighted by atomic mass is 10.2. The Kier molecular flexibility index (Phi) is 3.96. The van der Waals surface area contributed by atoms with Crippen LogP contribution < -0.4 is 5.32 Å². The van der Waals surface area contributed by atoms with Crippen LogP contribution in [0, 0.1) is 6.92 Å². The molecule has 0 radical (unpaired) electrons. The second-order valence-corrected chi connectivity index (χ2v) is 4.33. The Morgan fingerprint density at radius 3 is 3.12 bits per heavy atom. The van der Waals surface area contributed by atoms with Gasteiger partial charge in [-0.15, -0.1) is 0 Å². The summed E-state index contributed by atoms with van der Waals surface area (Å²) >= 11 is 0. The van der Waals surface area contributed by atoms with E-state index in [1.807, 2.05) is 0 Å². The molecule has 0 saturated heterocycles. The van der Waals surface area contributed by atoms with Crippen molar-refractivity contribution < 1.29 is 4.74 Å². The third kappa shape index (κ3) is 2.44. The minimum Gasteiger partial charge on any atom is -0.385 e. The van der Waals surface area contributed by atoms with Gasteiger partial charge in [-0.05, 0) is 19.8 Å². The van der Waals surface area contributed by atoms with Crippen LogP contribution in [0.3, 0.4) is 0 Å². The maximum Gasteiger partial charge on any atom is 0.106 e. The normalized spacial score (nSPS) is 15.1. The number of ether oxygens (including phenoxy) is 1. The van der Waals surface area contributed by atoms with Crippen molar-refractivity contribution in [3.8, 4) is 0 Å². The maximum absolute atomic E-state index is 5.07. The molecule has 4 nitrogen and oxygen atoms in total. The Morgan fingerprint density at radius 1 is 1.44 bits per heavy atom. The summed E-state index contributed by atoms with van der Waals surface area (Å²) in [7, 11) is 1.76. The Hall–Kier alpha value is -0.870. The van der Waals surface area contributed by atoms with Crippen LogP contribution in [0.15, 0.2) is 0 Å². The predicted molar refractivity (Wildman–Crippen MR) is 63.5 cm³/mol. The van der Waals surface area contributed by atoms with Gasteiger partial charge in [0.05, 0.1) is 5.69 Å². The van der Waals surface area contributed by atoms with Crippen molar-refractivity contribution in [2.75, 3.05) is 20.3 Å². The van der Waals surface area contributed by atoms with E-state index in [0.717, 1.165) is 44.9 Å². The molecular weight excluding hydrogens is 202 g/mol. The number of methoxy groups -OCH3 is 1. The van der Waals surface area contributed by atoms with Gasteiger partial charge in [0.2, 0.25) is 0 Å². The SMILES string of the molecule is COCCCCn1c(C)nc2c1CCNC2. The summed E-state index contributed by atoms with van der Waals surface area (Å²) in [5.41, 5.74) is 2.68. The van der Waals surface area contributed by atoms with Gasteiger partial charge >= 0.3 is 0 Å². The molecule has 1 aromatic rings. The number of nitrogens with one attached hydrogen (secondary N) is 1. The molecule has 16 heavy (non-hydrogen) atoms. The number of aromatic nitrogens is 2. The molecule has 1 aromatic heterocycles. The van der Waals surface area contributed by atoms with E-state index in [0.29, 0.717) is 0 Å². The molecule has 0 saturated carbocycles. The minimum atomic E-state index is 0.859. The predicted octanol–water partition coefficient (Wildman–Crippen LogP) is 1.26. The van der Waals surface area contributed by atoms with E-state index in [4.69, 9.17) is 4.74 Å². The van der Waals surface area contributed by atoms with Gasteiger partial charge in [-0.25, -0.2) is 4.98 Å². The highest BCUT2D eigenvalue weighted by Gasteiger charge is 2.16. The molecule has 1 aliphatic heterocycles. The fourth-order valence-corrected chi connectivity index (χ4v) is 2.32. The molecule has 0 fully saturated rings. The van der Waals surface area contributed by atoms with Gasteiger partial charge in [0, 0.05) is 45.5 Å². The van der Waals surface area contributed by atoms with Crippen molar-refractivity contribution in [3.05, 3.63) is 17.2 Å². The third-order valence-corrected chi connectivity index (χ3v) is 3.16. The van der Waals surface area contributed by atoms with Gasteiger partial charge in [-0.3, -0.25) is 0 Å². The van der Waals surface area contributed by atoms with Crippen LogP contribution >= 0.6 is 0 Å². The average molecular weight is 223 g/mol. The number of unbranched alkanes of at least 4 members (excludes halogenated alkanes) is 1. The van der Waals surface area contributed by atoms with Crippen LogP contribution in [0.25, 0.3) is 0 Å². The van der Waals surface area contributed by atoms with Crippen LogP contribution in [0.5, 0.6) is 0 Å². The van der Waals surface area contributed by atoms with Gasteiger partial charge in [-0.2, -0.15) is 0 Å². The van der Waals surface area contributed by atoms with Crippen molar-refractivity contribution in [2.45, 2.75) is 39.3 Å². The maximum atomic E-state index is 5.07. The molecule has 4 heteroatoms. The number of rotatable bonds is 5. The molecule has 1 N–H and O–H groups in total. The van der Waals surface area contributed by atoms with Crippen LogP contribution in [0.4, 0.5) is 0 Å². The Morgan fingerprint density at radius 2 is 2.31 bits per heavy atom. The van der Waals surface area contributed by atoms with Crippen molar-refractivity contribution in [1.82, 2.24) is 14.9 Å². The summed E-state index contributed by atoms with van der Waals surface area (Å²) in [6.45, 7) is 6.06. The molecule has 0 atom stereocenters. The van der Waals surface area contributed by atoms with Gasteiger partial charge in [0.1, 0.15) is 5.82 Å². The van der Waals surface area contributed by atoms with Gasteiger partial charge < -0.3 is 14.6 Å². The number of aryl methyl sites for hydroxylation is 1. The Labute approximate surface area is 97.0 Å². The molecule has 1 aliphatic rings. The Bertz CT molecular complexity index is 346. The summed E-state index contributed by atoms with van der Waals surface area (Å²) in [5.74, 6) is 1.16. The number of imidazole rings is 1. The summed E-state index contributed by atoms with van der Waals surface area (Å²) in [6.07, 6.45) is 3.41. The van der Waals surface area contributed by atoms with E-state index in [2.05, 4.69) is 21.8 Å². The first-order valence-corrected chi connectivity index (χ1v) is 6.07. The van der Waals surface area contributed by atoms with Crippen molar-refractivity contribution in [2.24, 2.45) is 0 Å². The minimum absolute atomic E-state index is 0.859. The third-order valence-electron chi connectivity index (χ3n) is 3.16. The monoisotopic (exact) mass is 223 g/mol. The van der Waals surface area contributed by atoms with Crippen LogP contribution in [-0.2, 0) is 24.2 Å². The molecule has 0 amide bonds. The molecule has 0 aliphatic carbocycles. The first kappa shape index (κ1) is 11.6. The fraction of sp³-hybridized carbons (Fsp3) is 0.750. The van der Waals surface area contributed by atoms with Crippen LogP contribution in [0.2, 0.25) is 0 Å².